The highest BCUT2D eigenvalue weighted by Crippen LogP contribution is 2.15. The SMILES string of the molecule is CC(=O)CCNC(=O)c1ccccc1Br. The zero-order valence-electron chi connectivity index (χ0n) is 8.42. The number of Topliss-reactive ketones (excluding diaryl/α,β-unsaturated/α-hetero) is 1. The van der Waals surface area contributed by atoms with Crippen LogP contribution < -0.4 is 5.32 Å². The van der Waals surface area contributed by atoms with E-state index in [0.717, 1.165) is 4.47 Å². The largest absolute Gasteiger partial charge is 0.352 e. The van der Waals surface area contributed by atoms with Crippen molar-refractivity contribution in [2.45, 2.75) is 13.3 Å². The van der Waals surface area contributed by atoms with Crippen LogP contribution in [0.4, 0.5) is 0 Å². The molecule has 0 aliphatic rings. The second-order valence-electron chi connectivity index (χ2n) is 3.19. The number of rotatable bonds is 4. The molecule has 15 heavy (non-hydrogen) atoms. The van der Waals surface area contributed by atoms with E-state index in [4.69, 9.17) is 0 Å². The highest BCUT2D eigenvalue weighted by molar-refractivity contribution is 9.10. The molecule has 1 N–H and O–H groups in total. The van der Waals surface area contributed by atoms with Gasteiger partial charge in [0.25, 0.3) is 5.91 Å². The van der Waals surface area contributed by atoms with Gasteiger partial charge in [-0.15, -0.1) is 0 Å². The summed E-state index contributed by atoms with van der Waals surface area (Å²) in [6.07, 6.45) is 0.371. The maximum absolute atomic E-state index is 11.6. The molecule has 1 aromatic rings. The van der Waals surface area contributed by atoms with Gasteiger partial charge in [0.15, 0.2) is 0 Å². The lowest BCUT2D eigenvalue weighted by atomic mass is 10.2. The van der Waals surface area contributed by atoms with Crippen LogP contribution in [-0.2, 0) is 4.79 Å². The number of carbonyl (C=O) groups excluding carboxylic acids is 2. The monoisotopic (exact) mass is 269 g/mol. The first-order valence-electron chi connectivity index (χ1n) is 4.63. The molecule has 80 valence electrons. The Balaban J connectivity index is 2.54. The van der Waals surface area contributed by atoms with Crippen molar-refractivity contribution in [1.82, 2.24) is 5.32 Å². The Bertz CT molecular complexity index is 377. The summed E-state index contributed by atoms with van der Waals surface area (Å²) in [6.45, 7) is 1.89. The molecule has 1 rings (SSSR count). The molecule has 0 unspecified atom stereocenters. The molecule has 0 saturated carbocycles. The summed E-state index contributed by atoms with van der Waals surface area (Å²) in [4.78, 5) is 22.3. The predicted molar refractivity (Wildman–Crippen MR) is 61.8 cm³/mol. The lowest BCUT2D eigenvalue weighted by molar-refractivity contribution is -0.116. The average molecular weight is 270 g/mol. The molecule has 0 aliphatic carbocycles. The van der Waals surface area contributed by atoms with E-state index in [0.29, 0.717) is 18.5 Å². The number of hydrogen-bond acceptors (Lipinski definition) is 2. The summed E-state index contributed by atoms with van der Waals surface area (Å²) in [7, 11) is 0. The molecular weight excluding hydrogens is 258 g/mol. The van der Waals surface area contributed by atoms with Crippen molar-refractivity contribution in [3.63, 3.8) is 0 Å². The van der Waals surface area contributed by atoms with E-state index in [1.807, 2.05) is 6.07 Å². The third-order valence-corrected chi connectivity index (χ3v) is 2.57. The maximum Gasteiger partial charge on any atom is 0.252 e. The first-order chi connectivity index (χ1) is 7.11. The second-order valence-corrected chi connectivity index (χ2v) is 4.04. The molecule has 1 amide bonds. The smallest absolute Gasteiger partial charge is 0.252 e. The van der Waals surface area contributed by atoms with Crippen molar-refractivity contribution in [3.05, 3.63) is 34.3 Å². The molecule has 4 heteroatoms. The Morgan fingerprint density at radius 2 is 2.00 bits per heavy atom. The van der Waals surface area contributed by atoms with Gasteiger partial charge in [-0.2, -0.15) is 0 Å². The summed E-state index contributed by atoms with van der Waals surface area (Å²) in [5, 5.41) is 2.68. The van der Waals surface area contributed by atoms with Crippen LogP contribution in [0.5, 0.6) is 0 Å². The average Bonchev–Trinajstić information content (AvgIpc) is 2.17. The quantitative estimate of drug-likeness (QED) is 0.911. The zero-order valence-corrected chi connectivity index (χ0v) is 10.0. The Morgan fingerprint density at radius 1 is 1.33 bits per heavy atom. The van der Waals surface area contributed by atoms with Gasteiger partial charge in [0.2, 0.25) is 0 Å². The Labute approximate surface area is 97.0 Å². The summed E-state index contributed by atoms with van der Waals surface area (Å²) in [5.74, 6) is -0.0915. The highest BCUT2D eigenvalue weighted by Gasteiger charge is 2.08. The third-order valence-electron chi connectivity index (χ3n) is 1.88. The van der Waals surface area contributed by atoms with Gasteiger partial charge in [0.05, 0.1) is 5.56 Å². The van der Waals surface area contributed by atoms with Gasteiger partial charge >= 0.3 is 0 Å². The molecule has 0 fully saturated rings. The summed E-state index contributed by atoms with van der Waals surface area (Å²) in [5.41, 5.74) is 0.584. The molecule has 0 aromatic heterocycles. The van der Waals surface area contributed by atoms with Crippen molar-refractivity contribution >= 4 is 27.6 Å². The van der Waals surface area contributed by atoms with Crippen LogP contribution in [-0.4, -0.2) is 18.2 Å². The van der Waals surface area contributed by atoms with Crippen LogP contribution in [0.15, 0.2) is 28.7 Å². The van der Waals surface area contributed by atoms with E-state index in [2.05, 4.69) is 21.2 Å². The van der Waals surface area contributed by atoms with Crippen LogP contribution in [0.1, 0.15) is 23.7 Å². The number of hydrogen-bond donors (Lipinski definition) is 1. The van der Waals surface area contributed by atoms with Crippen LogP contribution in [0.3, 0.4) is 0 Å². The molecule has 0 heterocycles. The molecule has 3 nitrogen and oxygen atoms in total. The maximum atomic E-state index is 11.6. The van der Waals surface area contributed by atoms with Crippen LogP contribution in [0, 0.1) is 0 Å². The van der Waals surface area contributed by atoms with E-state index >= 15 is 0 Å². The predicted octanol–water partition coefficient (Wildman–Crippen LogP) is 2.16. The molecule has 0 saturated heterocycles. The number of halogens is 1. The number of carbonyl (C=O) groups is 2. The van der Waals surface area contributed by atoms with Gasteiger partial charge in [-0.25, -0.2) is 0 Å². The van der Waals surface area contributed by atoms with E-state index in [1.54, 1.807) is 18.2 Å². The minimum absolute atomic E-state index is 0.0717. The fourth-order valence-electron chi connectivity index (χ4n) is 1.09. The lowest BCUT2D eigenvalue weighted by Crippen LogP contribution is -2.25. The van der Waals surface area contributed by atoms with Gasteiger partial charge in [0.1, 0.15) is 5.78 Å². The van der Waals surface area contributed by atoms with Crippen molar-refractivity contribution in [1.29, 1.82) is 0 Å². The summed E-state index contributed by atoms with van der Waals surface area (Å²) >= 11 is 3.29. The fraction of sp³-hybridized carbons (Fsp3) is 0.273. The van der Waals surface area contributed by atoms with Crippen LogP contribution >= 0.6 is 15.9 Å². The van der Waals surface area contributed by atoms with Crippen molar-refractivity contribution in [2.24, 2.45) is 0 Å². The van der Waals surface area contributed by atoms with Gasteiger partial charge in [-0.05, 0) is 35.0 Å². The Kier molecular flexibility index (Phi) is 4.49. The van der Waals surface area contributed by atoms with Gasteiger partial charge in [-0.1, -0.05) is 12.1 Å². The van der Waals surface area contributed by atoms with Crippen molar-refractivity contribution < 1.29 is 9.59 Å². The topological polar surface area (TPSA) is 46.2 Å². The van der Waals surface area contributed by atoms with Crippen LogP contribution in [0.25, 0.3) is 0 Å². The Morgan fingerprint density at radius 3 is 2.60 bits per heavy atom. The van der Waals surface area contributed by atoms with Crippen molar-refractivity contribution in [2.75, 3.05) is 6.54 Å². The van der Waals surface area contributed by atoms with E-state index < -0.39 is 0 Å². The third kappa shape index (κ3) is 3.83. The lowest BCUT2D eigenvalue weighted by Gasteiger charge is -2.05. The minimum atomic E-state index is -0.163. The van der Waals surface area contributed by atoms with Crippen LogP contribution in [0.2, 0.25) is 0 Å². The number of benzene rings is 1. The van der Waals surface area contributed by atoms with Crippen molar-refractivity contribution in [3.8, 4) is 0 Å². The fourth-order valence-corrected chi connectivity index (χ4v) is 1.56. The number of amides is 1. The van der Waals surface area contributed by atoms with E-state index in [-0.39, 0.29) is 11.7 Å². The molecule has 0 bridgehead atoms. The molecule has 0 aliphatic heterocycles. The summed E-state index contributed by atoms with van der Waals surface area (Å²) in [6, 6.07) is 7.17. The number of ketones is 1. The van der Waals surface area contributed by atoms with Gasteiger partial charge in [-0.3, -0.25) is 9.59 Å². The Hall–Kier alpha value is -1.16. The molecule has 0 radical (unpaired) electrons. The first-order valence-corrected chi connectivity index (χ1v) is 5.42. The molecule has 1 aromatic carbocycles. The molecule has 0 atom stereocenters. The molecular formula is C11H12BrNO2. The first kappa shape index (κ1) is 11.9. The highest BCUT2D eigenvalue weighted by atomic mass is 79.9. The van der Waals surface area contributed by atoms with Gasteiger partial charge in [0, 0.05) is 17.4 Å². The number of nitrogens with one attached hydrogen (secondary N) is 1. The standard InChI is InChI=1S/C11H12BrNO2/c1-8(14)6-7-13-11(15)9-4-2-3-5-10(9)12/h2-5H,6-7H2,1H3,(H,13,15). The molecule has 0 spiro atoms. The summed E-state index contributed by atoms with van der Waals surface area (Å²) < 4.78 is 0.755. The second kappa shape index (κ2) is 5.66. The minimum Gasteiger partial charge on any atom is -0.352 e. The van der Waals surface area contributed by atoms with E-state index in [9.17, 15) is 9.59 Å². The van der Waals surface area contributed by atoms with E-state index in [1.165, 1.54) is 6.92 Å². The normalized spacial score (nSPS) is 9.73. The zero-order chi connectivity index (χ0) is 11.3. The van der Waals surface area contributed by atoms with Gasteiger partial charge < -0.3 is 5.32 Å².